The molecule has 4 nitrogen and oxygen atoms in total. The summed E-state index contributed by atoms with van der Waals surface area (Å²) < 4.78 is 5.16. The minimum Gasteiger partial charge on any atom is -0.481 e. The maximum absolute atomic E-state index is 11.4. The fourth-order valence-electron chi connectivity index (χ4n) is 2.02. The van der Waals surface area contributed by atoms with Gasteiger partial charge in [-0.15, -0.1) is 0 Å². The van der Waals surface area contributed by atoms with Crippen LogP contribution >= 0.6 is 0 Å². The predicted octanol–water partition coefficient (Wildman–Crippen LogP) is 2.50. The Bertz CT molecular complexity index is 554. The largest absolute Gasteiger partial charge is 0.481 e. The summed E-state index contributed by atoms with van der Waals surface area (Å²) in [6.45, 7) is 0. The molecule has 0 fully saturated rings. The molecule has 1 atom stereocenters. The van der Waals surface area contributed by atoms with Crippen molar-refractivity contribution in [1.82, 2.24) is 4.98 Å². The number of carboxylic acid groups (broad SMARTS) is 1. The lowest BCUT2D eigenvalue weighted by Gasteiger charge is -2.14. The van der Waals surface area contributed by atoms with Crippen molar-refractivity contribution in [2.45, 2.75) is 12.3 Å². The highest BCUT2D eigenvalue weighted by molar-refractivity contribution is 5.76. The molecule has 1 heterocycles. The van der Waals surface area contributed by atoms with Crippen molar-refractivity contribution in [1.29, 1.82) is 0 Å². The van der Waals surface area contributed by atoms with Crippen LogP contribution in [0.2, 0.25) is 0 Å². The highest BCUT2D eigenvalue weighted by Crippen LogP contribution is 2.25. The molecule has 0 saturated carbocycles. The molecule has 0 aliphatic rings. The van der Waals surface area contributed by atoms with Crippen molar-refractivity contribution in [2.75, 3.05) is 7.11 Å². The van der Waals surface area contributed by atoms with Crippen LogP contribution < -0.4 is 4.74 Å². The van der Waals surface area contributed by atoms with Gasteiger partial charge in [-0.05, 0) is 18.1 Å². The van der Waals surface area contributed by atoms with Gasteiger partial charge in [-0.3, -0.25) is 4.79 Å². The summed E-state index contributed by atoms with van der Waals surface area (Å²) in [7, 11) is 1.53. The summed E-state index contributed by atoms with van der Waals surface area (Å²) in [6.07, 6.45) is 1.98. The van der Waals surface area contributed by atoms with E-state index in [-0.39, 0.29) is 0 Å². The highest BCUT2D eigenvalue weighted by atomic mass is 16.5. The van der Waals surface area contributed by atoms with E-state index in [1.807, 2.05) is 36.4 Å². The molecule has 1 N–H and O–H groups in total. The molecule has 2 aromatic rings. The SMILES string of the molecule is COc1ncccc1CC(C(=O)O)c1ccccc1. The molecular weight excluding hydrogens is 242 g/mol. The lowest BCUT2D eigenvalue weighted by Crippen LogP contribution is -2.15. The Morgan fingerprint density at radius 3 is 2.63 bits per heavy atom. The lowest BCUT2D eigenvalue weighted by molar-refractivity contribution is -0.138. The zero-order valence-corrected chi connectivity index (χ0v) is 10.6. The van der Waals surface area contributed by atoms with Crippen molar-refractivity contribution in [3.8, 4) is 5.88 Å². The lowest BCUT2D eigenvalue weighted by atomic mass is 9.92. The van der Waals surface area contributed by atoms with E-state index < -0.39 is 11.9 Å². The number of hydrogen-bond donors (Lipinski definition) is 1. The number of ether oxygens (including phenoxy) is 1. The third-order valence-electron chi connectivity index (χ3n) is 2.97. The van der Waals surface area contributed by atoms with E-state index in [0.29, 0.717) is 12.3 Å². The smallest absolute Gasteiger partial charge is 0.311 e. The second kappa shape index (κ2) is 6.00. The van der Waals surface area contributed by atoms with Gasteiger partial charge in [-0.1, -0.05) is 36.4 Å². The molecule has 0 radical (unpaired) electrons. The maximum Gasteiger partial charge on any atom is 0.311 e. The number of hydrogen-bond acceptors (Lipinski definition) is 3. The topological polar surface area (TPSA) is 59.4 Å². The Morgan fingerprint density at radius 1 is 1.26 bits per heavy atom. The second-order valence-corrected chi connectivity index (χ2v) is 4.18. The number of carboxylic acids is 1. The van der Waals surface area contributed by atoms with Crippen molar-refractivity contribution in [2.24, 2.45) is 0 Å². The molecule has 1 unspecified atom stereocenters. The summed E-state index contributed by atoms with van der Waals surface area (Å²) in [5.41, 5.74) is 1.57. The summed E-state index contributed by atoms with van der Waals surface area (Å²) in [4.78, 5) is 15.5. The van der Waals surface area contributed by atoms with Gasteiger partial charge in [0.25, 0.3) is 0 Å². The van der Waals surface area contributed by atoms with Gasteiger partial charge in [-0.2, -0.15) is 0 Å². The fraction of sp³-hybridized carbons (Fsp3) is 0.200. The van der Waals surface area contributed by atoms with Crippen molar-refractivity contribution in [3.05, 3.63) is 59.8 Å². The van der Waals surface area contributed by atoms with Gasteiger partial charge in [-0.25, -0.2) is 4.98 Å². The average molecular weight is 257 g/mol. The number of methoxy groups -OCH3 is 1. The number of pyridine rings is 1. The van der Waals surface area contributed by atoms with Gasteiger partial charge in [0.05, 0.1) is 13.0 Å². The van der Waals surface area contributed by atoms with E-state index in [4.69, 9.17) is 4.74 Å². The van der Waals surface area contributed by atoms with E-state index in [1.54, 1.807) is 12.3 Å². The van der Waals surface area contributed by atoms with Gasteiger partial charge in [0, 0.05) is 11.8 Å². The predicted molar refractivity (Wildman–Crippen MR) is 71.3 cm³/mol. The van der Waals surface area contributed by atoms with Crippen molar-refractivity contribution >= 4 is 5.97 Å². The van der Waals surface area contributed by atoms with E-state index >= 15 is 0 Å². The van der Waals surface area contributed by atoms with Gasteiger partial charge in [0.1, 0.15) is 0 Å². The van der Waals surface area contributed by atoms with Crippen LogP contribution in [0.1, 0.15) is 17.0 Å². The molecule has 0 bridgehead atoms. The molecule has 0 aliphatic heterocycles. The Kier molecular flexibility index (Phi) is 4.13. The summed E-state index contributed by atoms with van der Waals surface area (Å²) in [6, 6.07) is 12.8. The first kappa shape index (κ1) is 13.1. The Balaban J connectivity index is 2.30. The molecule has 0 amide bonds. The molecule has 1 aromatic heterocycles. The van der Waals surface area contributed by atoms with Crippen molar-refractivity contribution in [3.63, 3.8) is 0 Å². The minimum atomic E-state index is -0.850. The Morgan fingerprint density at radius 2 is 2.00 bits per heavy atom. The zero-order valence-electron chi connectivity index (χ0n) is 10.6. The number of rotatable bonds is 5. The monoisotopic (exact) mass is 257 g/mol. The van der Waals surface area contributed by atoms with Crippen LogP contribution in [-0.4, -0.2) is 23.2 Å². The third kappa shape index (κ3) is 3.10. The van der Waals surface area contributed by atoms with Crippen LogP contribution in [0.15, 0.2) is 48.7 Å². The first-order valence-corrected chi connectivity index (χ1v) is 5.98. The number of carbonyl (C=O) groups is 1. The van der Waals surface area contributed by atoms with Crippen molar-refractivity contribution < 1.29 is 14.6 Å². The molecule has 2 rings (SSSR count). The van der Waals surface area contributed by atoms with Crippen LogP contribution in [0.5, 0.6) is 5.88 Å². The number of aromatic nitrogens is 1. The maximum atomic E-state index is 11.4. The number of benzene rings is 1. The van der Waals surface area contributed by atoms with E-state index in [9.17, 15) is 9.90 Å². The van der Waals surface area contributed by atoms with E-state index in [0.717, 1.165) is 11.1 Å². The van der Waals surface area contributed by atoms with Crippen LogP contribution in [-0.2, 0) is 11.2 Å². The highest BCUT2D eigenvalue weighted by Gasteiger charge is 2.21. The average Bonchev–Trinajstić information content (AvgIpc) is 2.45. The summed E-state index contributed by atoms with van der Waals surface area (Å²) in [5.74, 6) is -0.971. The molecule has 0 saturated heterocycles. The minimum absolute atomic E-state index is 0.357. The molecule has 19 heavy (non-hydrogen) atoms. The summed E-state index contributed by atoms with van der Waals surface area (Å²) in [5, 5.41) is 9.39. The summed E-state index contributed by atoms with van der Waals surface area (Å²) >= 11 is 0. The molecule has 98 valence electrons. The van der Waals surface area contributed by atoms with Gasteiger partial charge in [0.15, 0.2) is 0 Å². The van der Waals surface area contributed by atoms with E-state index in [2.05, 4.69) is 4.98 Å². The standard InChI is InChI=1S/C15H15NO3/c1-19-14-12(8-5-9-16-14)10-13(15(17)18)11-6-3-2-4-7-11/h2-9,13H,10H2,1H3,(H,17,18). The quantitative estimate of drug-likeness (QED) is 0.894. The molecule has 0 aliphatic carbocycles. The third-order valence-corrected chi connectivity index (χ3v) is 2.97. The van der Waals surface area contributed by atoms with Gasteiger partial charge < -0.3 is 9.84 Å². The molecule has 4 heteroatoms. The van der Waals surface area contributed by atoms with Gasteiger partial charge in [0.2, 0.25) is 5.88 Å². The van der Waals surface area contributed by atoms with Crippen LogP contribution in [0.25, 0.3) is 0 Å². The fourth-order valence-corrected chi connectivity index (χ4v) is 2.02. The zero-order chi connectivity index (χ0) is 13.7. The first-order valence-electron chi connectivity index (χ1n) is 5.98. The van der Waals surface area contributed by atoms with Crippen LogP contribution in [0.4, 0.5) is 0 Å². The van der Waals surface area contributed by atoms with E-state index in [1.165, 1.54) is 7.11 Å². The first-order chi connectivity index (χ1) is 9.22. The molecular formula is C15H15NO3. The Hall–Kier alpha value is -2.36. The Labute approximate surface area is 111 Å². The normalized spacial score (nSPS) is 11.8. The molecule has 1 aromatic carbocycles. The second-order valence-electron chi connectivity index (χ2n) is 4.18. The molecule has 0 spiro atoms. The number of aliphatic carboxylic acids is 1. The van der Waals surface area contributed by atoms with Gasteiger partial charge >= 0.3 is 5.97 Å². The van der Waals surface area contributed by atoms with Crippen LogP contribution in [0, 0.1) is 0 Å². The van der Waals surface area contributed by atoms with Crippen LogP contribution in [0.3, 0.4) is 0 Å². The number of nitrogens with zero attached hydrogens (tertiary/aromatic N) is 1.